The van der Waals surface area contributed by atoms with Crippen LogP contribution in [-0.2, 0) is 4.74 Å². The molecule has 0 atom stereocenters. The molecule has 0 aliphatic carbocycles. The van der Waals surface area contributed by atoms with Gasteiger partial charge >= 0.3 is 0 Å². The molecular formula is C13H16N4O3S. The summed E-state index contributed by atoms with van der Waals surface area (Å²) in [5, 5.41) is 14.8. The summed E-state index contributed by atoms with van der Waals surface area (Å²) in [4.78, 5) is 17.1. The molecule has 0 bridgehead atoms. The van der Waals surface area contributed by atoms with Gasteiger partial charge in [-0.25, -0.2) is 4.98 Å². The molecule has 1 aromatic carbocycles. The van der Waals surface area contributed by atoms with E-state index in [1.54, 1.807) is 6.07 Å². The van der Waals surface area contributed by atoms with Crippen LogP contribution in [0.3, 0.4) is 0 Å². The number of thiazole rings is 1. The molecule has 7 nitrogen and oxygen atoms in total. The summed E-state index contributed by atoms with van der Waals surface area (Å²) >= 11 is 1.52. The molecule has 2 heterocycles. The highest BCUT2D eigenvalue weighted by atomic mass is 32.1. The number of nitro benzene ring substituents is 1. The van der Waals surface area contributed by atoms with Crippen molar-refractivity contribution in [3.05, 3.63) is 28.3 Å². The van der Waals surface area contributed by atoms with Crippen LogP contribution in [0.15, 0.2) is 18.2 Å². The molecule has 21 heavy (non-hydrogen) atoms. The number of hydrogen-bond donors (Lipinski definition) is 1. The van der Waals surface area contributed by atoms with Gasteiger partial charge < -0.3 is 10.1 Å². The lowest BCUT2D eigenvalue weighted by Gasteiger charge is -2.26. The molecule has 1 N–H and O–H groups in total. The topological polar surface area (TPSA) is 80.5 Å². The second kappa shape index (κ2) is 6.33. The Hall–Kier alpha value is -1.77. The highest BCUT2D eigenvalue weighted by Crippen LogP contribution is 2.28. The fourth-order valence-electron chi connectivity index (χ4n) is 2.25. The van der Waals surface area contributed by atoms with Crippen molar-refractivity contribution < 1.29 is 9.66 Å². The first-order chi connectivity index (χ1) is 10.2. The molecule has 1 aromatic heterocycles. The lowest BCUT2D eigenvalue weighted by molar-refractivity contribution is -0.384. The zero-order chi connectivity index (χ0) is 14.7. The molecule has 0 amide bonds. The maximum Gasteiger partial charge on any atom is 0.271 e. The molecule has 0 radical (unpaired) electrons. The van der Waals surface area contributed by atoms with Crippen molar-refractivity contribution in [1.29, 1.82) is 0 Å². The van der Waals surface area contributed by atoms with Gasteiger partial charge in [0.25, 0.3) is 5.69 Å². The van der Waals surface area contributed by atoms with Gasteiger partial charge in [-0.2, -0.15) is 0 Å². The van der Waals surface area contributed by atoms with Crippen LogP contribution in [0.25, 0.3) is 10.2 Å². The van der Waals surface area contributed by atoms with Gasteiger partial charge in [-0.05, 0) is 6.07 Å². The van der Waals surface area contributed by atoms with Crippen LogP contribution in [-0.4, -0.2) is 54.2 Å². The highest BCUT2D eigenvalue weighted by Gasteiger charge is 2.12. The smallest absolute Gasteiger partial charge is 0.271 e. The quantitative estimate of drug-likeness (QED) is 0.671. The minimum absolute atomic E-state index is 0.0765. The van der Waals surface area contributed by atoms with E-state index in [1.807, 2.05) is 0 Å². The Morgan fingerprint density at radius 2 is 2.24 bits per heavy atom. The van der Waals surface area contributed by atoms with E-state index in [0.717, 1.165) is 49.2 Å². The first-order valence-corrected chi connectivity index (χ1v) is 7.63. The van der Waals surface area contributed by atoms with Crippen molar-refractivity contribution in [2.75, 3.05) is 44.7 Å². The number of anilines is 1. The number of nitro groups is 1. The number of hydrogen-bond acceptors (Lipinski definition) is 7. The number of non-ortho nitro benzene ring substituents is 1. The van der Waals surface area contributed by atoms with E-state index in [1.165, 1.54) is 23.5 Å². The average molecular weight is 308 g/mol. The van der Waals surface area contributed by atoms with Gasteiger partial charge in [0.1, 0.15) is 0 Å². The fraction of sp³-hybridized carbons (Fsp3) is 0.462. The van der Waals surface area contributed by atoms with E-state index in [2.05, 4.69) is 15.2 Å². The Labute approximate surface area is 125 Å². The van der Waals surface area contributed by atoms with Crippen molar-refractivity contribution in [3.63, 3.8) is 0 Å². The minimum atomic E-state index is -0.398. The highest BCUT2D eigenvalue weighted by molar-refractivity contribution is 7.22. The monoisotopic (exact) mass is 308 g/mol. The molecule has 1 fully saturated rings. The lowest BCUT2D eigenvalue weighted by Crippen LogP contribution is -2.38. The standard InChI is InChI=1S/C13H16N4O3S/c18-17(19)10-1-2-12-11(9-10)15-13(21-12)14-3-4-16-5-7-20-8-6-16/h1-2,9H,3-8H2,(H,14,15). The third kappa shape index (κ3) is 3.46. The zero-order valence-corrected chi connectivity index (χ0v) is 12.3. The Morgan fingerprint density at radius 1 is 1.43 bits per heavy atom. The number of ether oxygens (including phenoxy) is 1. The van der Waals surface area contributed by atoms with E-state index < -0.39 is 4.92 Å². The summed E-state index contributed by atoms with van der Waals surface area (Å²) < 4.78 is 6.26. The Balaban J connectivity index is 1.60. The Morgan fingerprint density at radius 3 is 3.00 bits per heavy atom. The van der Waals surface area contributed by atoms with Crippen LogP contribution < -0.4 is 5.32 Å². The molecule has 0 unspecified atom stereocenters. The van der Waals surface area contributed by atoms with Gasteiger partial charge in [0.05, 0.1) is 28.4 Å². The van der Waals surface area contributed by atoms with E-state index in [-0.39, 0.29) is 5.69 Å². The second-order valence-corrected chi connectivity index (χ2v) is 5.84. The fourth-order valence-corrected chi connectivity index (χ4v) is 3.12. The molecule has 3 rings (SSSR count). The maximum atomic E-state index is 10.7. The van der Waals surface area contributed by atoms with E-state index >= 15 is 0 Å². The molecule has 0 saturated carbocycles. The van der Waals surface area contributed by atoms with E-state index in [4.69, 9.17) is 4.74 Å². The number of fused-ring (bicyclic) bond motifs is 1. The van der Waals surface area contributed by atoms with Gasteiger partial charge in [0.15, 0.2) is 5.13 Å². The number of nitrogens with zero attached hydrogens (tertiary/aromatic N) is 3. The Kier molecular flexibility index (Phi) is 4.28. The molecule has 1 aliphatic heterocycles. The summed E-state index contributed by atoms with van der Waals surface area (Å²) in [6.45, 7) is 5.28. The van der Waals surface area contributed by atoms with Crippen LogP contribution in [0, 0.1) is 10.1 Å². The predicted molar refractivity (Wildman–Crippen MR) is 82.0 cm³/mol. The first-order valence-electron chi connectivity index (χ1n) is 6.81. The number of rotatable bonds is 5. The maximum absolute atomic E-state index is 10.7. The van der Waals surface area contributed by atoms with Crippen LogP contribution in [0.5, 0.6) is 0 Å². The molecule has 0 spiro atoms. The van der Waals surface area contributed by atoms with Crippen LogP contribution in [0.1, 0.15) is 0 Å². The summed E-state index contributed by atoms with van der Waals surface area (Å²) in [6.07, 6.45) is 0. The molecule has 1 aliphatic rings. The SMILES string of the molecule is O=[N+]([O-])c1ccc2sc(NCCN3CCOCC3)nc2c1. The van der Waals surface area contributed by atoms with Crippen molar-refractivity contribution in [2.45, 2.75) is 0 Å². The number of morpholine rings is 1. The summed E-state index contributed by atoms with van der Waals surface area (Å²) in [6, 6.07) is 4.77. The largest absolute Gasteiger partial charge is 0.379 e. The number of benzene rings is 1. The third-order valence-electron chi connectivity index (χ3n) is 3.39. The van der Waals surface area contributed by atoms with Gasteiger partial charge in [0, 0.05) is 38.3 Å². The Bertz CT molecular complexity index is 639. The predicted octanol–water partition coefficient (Wildman–Crippen LogP) is 1.95. The number of nitrogens with one attached hydrogen (secondary N) is 1. The lowest BCUT2D eigenvalue weighted by atomic mass is 10.3. The zero-order valence-electron chi connectivity index (χ0n) is 11.4. The third-order valence-corrected chi connectivity index (χ3v) is 4.38. The van der Waals surface area contributed by atoms with Crippen molar-refractivity contribution in [2.24, 2.45) is 0 Å². The second-order valence-electron chi connectivity index (χ2n) is 4.81. The van der Waals surface area contributed by atoms with Gasteiger partial charge in [-0.15, -0.1) is 0 Å². The van der Waals surface area contributed by atoms with E-state index in [0.29, 0.717) is 5.52 Å². The van der Waals surface area contributed by atoms with Crippen LogP contribution in [0.4, 0.5) is 10.8 Å². The molecular weight excluding hydrogens is 292 g/mol. The van der Waals surface area contributed by atoms with Gasteiger partial charge in [-0.3, -0.25) is 15.0 Å². The normalized spacial score (nSPS) is 16.2. The van der Waals surface area contributed by atoms with Crippen molar-refractivity contribution in [3.8, 4) is 0 Å². The summed E-state index contributed by atoms with van der Waals surface area (Å²) in [5.41, 5.74) is 0.746. The van der Waals surface area contributed by atoms with Gasteiger partial charge in [0.2, 0.25) is 0 Å². The number of aromatic nitrogens is 1. The molecule has 2 aromatic rings. The summed E-state index contributed by atoms with van der Waals surface area (Å²) in [7, 11) is 0. The molecule has 112 valence electrons. The first kappa shape index (κ1) is 14.2. The average Bonchev–Trinajstić information content (AvgIpc) is 2.90. The molecule has 1 saturated heterocycles. The minimum Gasteiger partial charge on any atom is -0.379 e. The van der Waals surface area contributed by atoms with Crippen LogP contribution in [0.2, 0.25) is 0 Å². The van der Waals surface area contributed by atoms with Gasteiger partial charge in [-0.1, -0.05) is 11.3 Å². The van der Waals surface area contributed by atoms with Crippen LogP contribution >= 0.6 is 11.3 Å². The molecule has 8 heteroatoms. The van der Waals surface area contributed by atoms with E-state index in [9.17, 15) is 10.1 Å². The summed E-state index contributed by atoms with van der Waals surface area (Å²) in [5.74, 6) is 0. The van der Waals surface area contributed by atoms with Crippen molar-refractivity contribution >= 4 is 32.4 Å². The van der Waals surface area contributed by atoms with Crippen molar-refractivity contribution in [1.82, 2.24) is 9.88 Å².